The highest BCUT2D eigenvalue weighted by atomic mass is 35.5. The highest BCUT2D eigenvalue weighted by Gasteiger charge is 2.12. The minimum Gasteiger partial charge on any atom is -0.452 e. The van der Waals surface area contributed by atoms with Gasteiger partial charge in [0.2, 0.25) is 5.89 Å². The van der Waals surface area contributed by atoms with Crippen molar-refractivity contribution in [3.63, 3.8) is 0 Å². The van der Waals surface area contributed by atoms with Gasteiger partial charge in [-0.15, -0.1) is 10.2 Å². The van der Waals surface area contributed by atoms with Crippen LogP contribution in [0.5, 0.6) is 0 Å². The largest absolute Gasteiger partial charge is 0.452 e. The van der Waals surface area contributed by atoms with Crippen LogP contribution in [-0.4, -0.2) is 21.1 Å². The summed E-state index contributed by atoms with van der Waals surface area (Å²) in [4.78, 5) is 22.2. The Morgan fingerprint density at radius 2 is 1.93 bits per heavy atom. The summed E-state index contributed by atoms with van der Waals surface area (Å²) in [6, 6.07) is 12.9. The molecule has 136 valence electrons. The molecule has 0 unspecified atom stereocenters. The molecule has 0 bridgehead atoms. The molecule has 2 aromatic carbocycles. The summed E-state index contributed by atoms with van der Waals surface area (Å²) in [5, 5.41) is 19.2. The van der Waals surface area contributed by atoms with Crippen molar-refractivity contribution in [1.82, 2.24) is 10.2 Å². The molecule has 27 heavy (non-hydrogen) atoms. The number of rotatable bonds is 6. The van der Waals surface area contributed by atoms with E-state index in [-0.39, 0.29) is 24.1 Å². The molecule has 0 saturated carbocycles. The Hall–Kier alpha value is -3.52. The molecule has 0 aliphatic heterocycles. The highest BCUT2D eigenvalue weighted by Crippen LogP contribution is 2.21. The predicted molar refractivity (Wildman–Crippen MR) is 96.7 cm³/mol. The first-order chi connectivity index (χ1) is 13.0. The molecule has 0 aliphatic rings. The lowest BCUT2D eigenvalue weighted by Crippen LogP contribution is -2.01. The maximum Gasteiger partial charge on any atom is 0.331 e. The lowest BCUT2D eigenvalue weighted by atomic mass is 10.1. The summed E-state index contributed by atoms with van der Waals surface area (Å²) in [5.41, 5.74) is 0.870. The number of ether oxygens (including phenoxy) is 1. The van der Waals surface area contributed by atoms with Crippen LogP contribution in [0.15, 0.2) is 59.0 Å². The van der Waals surface area contributed by atoms with Gasteiger partial charge in [-0.1, -0.05) is 23.7 Å². The van der Waals surface area contributed by atoms with Crippen LogP contribution in [0.1, 0.15) is 11.5 Å². The molecule has 0 radical (unpaired) electrons. The monoisotopic (exact) mass is 385 g/mol. The second-order valence-corrected chi connectivity index (χ2v) is 5.70. The minimum absolute atomic E-state index is 0.106. The molecule has 1 aromatic heterocycles. The summed E-state index contributed by atoms with van der Waals surface area (Å²) in [7, 11) is 0. The smallest absolute Gasteiger partial charge is 0.331 e. The van der Waals surface area contributed by atoms with E-state index < -0.39 is 10.9 Å². The molecule has 1 heterocycles. The third-order valence-corrected chi connectivity index (χ3v) is 3.68. The fourth-order valence-electron chi connectivity index (χ4n) is 2.15. The summed E-state index contributed by atoms with van der Waals surface area (Å²) in [6.07, 6.45) is 2.41. The third-order valence-electron chi connectivity index (χ3n) is 3.43. The minimum atomic E-state index is -0.695. The van der Waals surface area contributed by atoms with E-state index in [9.17, 15) is 14.9 Å². The average molecular weight is 386 g/mol. The number of carbonyl (C=O) groups is 1. The molecular weight excluding hydrogens is 374 g/mol. The van der Waals surface area contributed by atoms with Crippen molar-refractivity contribution >= 4 is 29.3 Å². The molecule has 0 spiro atoms. The van der Waals surface area contributed by atoms with E-state index in [1.807, 2.05) is 0 Å². The van der Waals surface area contributed by atoms with Crippen LogP contribution in [0, 0.1) is 10.1 Å². The summed E-state index contributed by atoms with van der Waals surface area (Å²) in [6.45, 7) is -0.222. The van der Waals surface area contributed by atoms with Crippen LogP contribution in [0.3, 0.4) is 0 Å². The van der Waals surface area contributed by atoms with Gasteiger partial charge in [0.05, 0.1) is 10.5 Å². The Kier molecular flexibility index (Phi) is 5.58. The van der Waals surface area contributed by atoms with Gasteiger partial charge in [0.1, 0.15) is 0 Å². The molecule has 9 heteroatoms. The number of benzene rings is 2. The quantitative estimate of drug-likeness (QED) is 0.272. The predicted octanol–water partition coefficient (Wildman–Crippen LogP) is 4.05. The number of para-hydroxylation sites is 1. The van der Waals surface area contributed by atoms with Crippen LogP contribution in [0.25, 0.3) is 17.5 Å². The Labute approximate surface area is 158 Å². The number of aromatic nitrogens is 2. The molecule has 0 N–H and O–H groups in total. The normalized spacial score (nSPS) is 10.9. The molecular formula is C18H12ClN3O5. The van der Waals surface area contributed by atoms with Gasteiger partial charge in [-0.3, -0.25) is 10.1 Å². The van der Waals surface area contributed by atoms with Crippen LogP contribution in [0.2, 0.25) is 5.02 Å². The first-order valence-electron chi connectivity index (χ1n) is 7.69. The lowest BCUT2D eigenvalue weighted by molar-refractivity contribution is -0.385. The van der Waals surface area contributed by atoms with Gasteiger partial charge >= 0.3 is 5.97 Å². The maximum absolute atomic E-state index is 11.8. The molecule has 0 aliphatic carbocycles. The van der Waals surface area contributed by atoms with E-state index in [0.717, 1.165) is 6.08 Å². The van der Waals surface area contributed by atoms with Gasteiger partial charge < -0.3 is 9.15 Å². The van der Waals surface area contributed by atoms with Gasteiger partial charge in [-0.2, -0.15) is 0 Å². The summed E-state index contributed by atoms with van der Waals surface area (Å²) in [5.74, 6) is -0.306. The van der Waals surface area contributed by atoms with Gasteiger partial charge in [-0.25, -0.2) is 4.79 Å². The number of carbonyl (C=O) groups excluding carboxylic acids is 1. The summed E-state index contributed by atoms with van der Waals surface area (Å²) < 4.78 is 10.4. The zero-order valence-corrected chi connectivity index (χ0v) is 14.5. The van der Waals surface area contributed by atoms with E-state index in [1.54, 1.807) is 36.4 Å². The molecule has 8 nitrogen and oxygen atoms in total. The first kappa shape index (κ1) is 18.3. The van der Waals surface area contributed by atoms with E-state index >= 15 is 0 Å². The Balaban J connectivity index is 1.60. The number of nitro benzene ring substituents is 1. The molecule has 3 rings (SSSR count). The number of nitrogens with zero attached hydrogens (tertiary/aromatic N) is 3. The number of halogens is 1. The fourth-order valence-corrected chi connectivity index (χ4v) is 2.28. The topological polar surface area (TPSA) is 108 Å². The fraction of sp³-hybridized carbons (Fsp3) is 0.0556. The maximum atomic E-state index is 11.8. The second-order valence-electron chi connectivity index (χ2n) is 5.26. The number of nitro groups is 1. The van der Waals surface area contributed by atoms with Crippen LogP contribution < -0.4 is 0 Å². The Bertz CT molecular complexity index is 998. The number of hydrogen-bond donors (Lipinski definition) is 0. The number of esters is 1. The Morgan fingerprint density at radius 3 is 2.67 bits per heavy atom. The first-order valence-corrected chi connectivity index (χ1v) is 8.07. The Morgan fingerprint density at radius 1 is 1.19 bits per heavy atom. The van der Waals surface area contributed by atoms with Crippen molar-refractivity contribution in [2.45, 2.75) is 6.61 Å². The van der Waals surface area contributed by atoms with Crippen molar-refractivity contribution in [2.24, 2.45) is 0 Å². The van der Waals surface area contributed by atoms with Gasteiger partial charge in [0, 0.05) is 22.7 Å². The number of hydrogen-bond acceptors (Lipinski definition) is 7. The zero-order valence-electron chi connectivity index (χ0n) is 13.7. The summed E-state index contributed by atoms with van der Waals surface area (Å²) >= 11 is 5.82. The standard InChI is InChI=1S/C18H12ClN3O5/c19-14-8-5-13(6-9-14)18-21-20-16(27-18)11-26-17(23)10-7-12-3-1-2-4-15(12)22(24)25/h1-10H,11H2/b10-7+. The third kappa shape index (κ3) is 4.77. The van der Waals surface area contributed by atoms with Gasteiger partial charge in [0.25, 0.3) is 11.6 Å². The van der Waals surface area contributed by atoms with Crippen molar-refractivity contribution in [3.05, 3.63) is 81.2 Å². The van der Waals surface area contributed by atoms with E-state index in [2.05, 4.69) is 10.2 Å². The van der Waals surface area contributed by atoms with Crippen molar-refractivity contribution in [1.29, 1.82) is 0 Å². The lowest BCUT2D eigenvalue weighted by Gasteiger charge is -1.98. The van der Waals surface area contributed by atoms with Crippen LogP contribution in [-0.2, 0) is 16.1 Å². The van der Waals surface area contributed by atoms with Gasteiger partial charge in [-0.05, 0) is 36.4 Å². The molecule has 0 atom stereocenters. The highest BCUT2D eigenvalue weighted by molar-refractivity contribution is 6.30. The van der Waals surface area contributed by atoms with Crippen molar-refractivity contribution in [3.8, 4) is 11.5 Å². The van der Waals surface area contributed by atoms with E-state index in [4.69, 9.17) is 20.8 Å². The van der Waals surface area contributed by atoms with E-state index in [0.29, 0.717) is 16.1 Å². The van der Waals surface area contributed by atoms with E-state index in [1.165, 1.54) is 18.2 Å². The average Bonchev–Trinajstić information content (AvgIpc) is 3.14. The second kappa shape index (κ2) is 8.24. The molecule has 0 amide bonds. The SMILES string of the molecule is O=C(/C=C/c1ccccc1[N+](=O)[O-])OCc1nnc(-c2ccc(Cl)cc2)o1. The zero-order chi connectivity index (χ0) is 19.2. The van der Waals surface area contributed by atoms with Crippen LogP contribution in [0.4, 0.5) is 5.69 Å². The van der Waals surface area contributed by atoms with Crippen LogP contribution >= 0.6 is 11.6 Å². The molecule has 0 fully saturated rings. The molecule has 3 aromatic rings. The van der Waals surface area contributed by atoms with Crippen molar-refractivity contribution < 1.29 is 18.9 Å². The van der Waals surface area contributed by atoms with Crippen molar-refractivity contribution in [2.75, 3.05) is 0 Å². The molecule has 0 saturated heterocycles. The van der Waals surface area contributed by atoms with Gasteiger partial charge in [0.15, 0.2) is 6.61 Å².